The number of nitrogens with two attached hydrogens (primary N) is 1. The van der Waals surface area contributed by atoms with Crippen molar-refractivity contribution in [3.8, 4) is 5.75 Å². The van der Waals surface area contributed by atoms with Gasteiger partial charge in [0, 0.05) is 63.0 Å². The molecule has 5 aromatic rings. The lowest BCUT2D eigenvalue weighted by Crippen LogP contribution is -2.49. The highest BCUT2D eigenvalue weighted by molar-refractivity contribution is 6.42. The second kappa shape index (κ2) is 26.0. The number of β-amino-alcohol motifs (C(OH)–C–C–N with tert-alkyl or cyclic N) is 1. The summed E-state index contributed by atoms with van der Waals surface area (Å²) in [5, 5.41) is 20.6. The molecule has 2 aliphatic rings. The van der Waals surface area contributed by atoms with E-state index in [1.165, 1.54) is 23.5 Å². The lowest BCUT2D eigenvalue weighted by Gasteiger charge is -2.32. The van der Waals surface area contributed by atoms with Gasteiger partial charge in [-0.15, -0.1) is 0 Å². The number of ether oxygens (including phenoxy) is 1. The second-order valence-electron chi connectivity index (χ2n) is 17.5. The first-order chi connectivity index (χ1) is 34.3. The maximum Gasteiger partial charge on any atom is 0.270 e. The average molecular weight is 1040 g/mol. The molecule has 6 N–H and O–H groups in total. The molecule has 4 aromatic carbocycles. The summed E-state index contributed by atoms with van der Waals surface area (Å²) in [4.78, 5) is 64.8. The van der Waals surface area contributed by atoms with Crippen LogP contribution in [0.1, 0.15) is 64.0 Å². The number of anilines is 1. The quantitative estimate of drug-likeness (QED) is 0.0355. The van der Waals surface area contributed by atoms with Crippen LogP contribution in [-0.4, -0.2) is 113 Å². The number of halogens is 4. The molecule has 1 fully saturated rings. The van der Waals surface area contributed by atoms with E-state index in [1.54, 1.807) is 53.5 Å². The molecule has 3 amide bonds. The molecule has 0 aliphatic carbocycles. The summed E-state index contributed by atoms with van der Waals surface area (Å²) in [7, 11) is 0. The summed E-state index contributed by atoms with van der Waals surface area (Å²) >= 11 is 24.8. The van der Waals surface area contributed by atoms with Crippen LogP contribution in [-0.2, 0) is 33.8 Å². The Kier molecular flexibility index (Phi) is 19.4. The Morgan fingerprint density at radius 3 is 2.11 bits per heavy atom. The van der Waals surface area contributed by atoms with Crippen molar-refractivity contribution in [2.24, 2.45) is 5.73 Å². The number of aliphatic hydroxyl groups excluding tert-OH is 1. The van der Waals surface area contributed by atoms with E-state index in [1.807, 2.05) is 36.4 Å². The topological polar surface area (TPSA) is 192 Å². The number of rotatable bonds is 21. The van der Waals surface area contributed by atoms with E-state index in [4.69, 9.17) is 56.9 Å². The second-order valence-corrected chi connectivity index (χ2v) is 19.2. The smallest absolute Gasteiger partial charge is 0.270 e. The summed E-state index contributed by atoms with van der Waals surface area (Å²) in [6, 6.07) is 26.5. The number of unbranched alkanes of at least 4 members (excludes halogenated alkanes) is 3. The number of aromatic nitrogens is 2. The highest BCUT2D eigenvalue weighted by atomic mass is 35.5. The number of ketones is 1. The van der Waals surface area contributed by atoms with Gasteiger partial charge in [0.15, 0.2) is 5.78 Å². The third kappa shape index (κ3) is 15.8. The van der Waals surface area contributed by atoms with Crippen LogP contribution >= 0.6 is 46.4 Å². The average Bonchev–Trinajstić information content (AvgIpc) is 3.37. The minimum absolute atomic E-state index is 0.0213. The molecule has 18 heteroatoms. The predicted octanol–water partition coefficient (Wildman–Crippen LogP) is 7.86. The van der Waals surface area contributed by atoms with Gasteiger partial charge in [-0.05, 0) is 102 Å². The van der Waals surface area contributed by atoms with Crippen molar-refractivity contribution in [1.29, 1.82) is 0 Å². The van der Waals surface area contributed by atoms with Gasteiger partial charge >= 0.3 is 0 Å². The fourth-order valence-electron chi connectivity index (χ4n) is 8.28. The van der Waals surface area contributed by atoms with Gasteiger partial charge in [0.05, 0.1) is 45.4 Å². The monoisotopic (exact) mass is 1040 g/mol. The Morgan fingerprint density at radius 2 is 1.44 bits per heavy atom. The molecule has 1 saturated heterocycles. The number of carbonyl (C=O) groups excluding carboxylic acids is 4. The maximum atomic E-state index is 13.9. The molecule has 3 heterocycles. The Hall–Kier alpha value is -5.84. The highest BCUT2D eigenvalue weighted by Gasteiger charge is 2.32. The fourth-order valence-corrected chi connectivity index (χ4v) is 8.90. The first-order valence-electron chi connectivity index (χ1n) is 23.5. The maximum absolute atomic E-state index is 13.9. The SMILES string of the molecule is NC(Cc1ccc(OCCCCCCNC(=O)CNc2cc(C(=O)NCC(O)CN3CCc4ccccc4C3)ncn2)cc1)C(=O)N1CC(=Cc2ccc(Cl)c(Cl)c2)C(=O)C(=Cc2ccc(Cl)c(Cl)c2)C1. The molecular formula is C53H56Cl4N8O6. The van der Waals surface area contributed by atoms with Crippen LogP contribution in [0.15, 0.2) is 108 Å². The van der Waals surface area contributed by atoms with Gasteiger partial charge in [-0.2, -0.15) is 0 Å². The van der Waals surface area contributed by atoms with E-state index in [0.717, 1.165) is 50.8 Å². The molecule has 2 aliphatic heterocycles. The summed E-state index contributed by atoms with van der Waals surface area (Å²) in [6.45, 7) is 3.27. The van der Waals surface area contributed by atoms with Crippen LogP contribution in [0.25, 0.3) is 12.2 Å². The zero-order valence-electron chi connectivity index (χ0n) is 39.0. The largest absolute Gasteiger partial charge is 0.494 e. The van der Waals surface area contributed by atoms with E-state index in [9.17, 15) is 24.3 Å². The van der Waals surface area contributed by atoms with Crippen molar-refractivity contribution in [3.05, 3.63) is 162 Å². The van der Waals surface area contributed by atoms with Crippen molar-refractivity contribution in [2.45, 2.75) is 57.2 Å². The van der Waals surface area contributed by atoms with E-state index in [-0.39, 0.29) is 55.9 Å². The molecule has 71 heavy (non-hydrogen) atoms. The predicted molar refractivity (Wildman–Crippen MR) is 280 cm³/mol. The zero-order valence-corrected chi connectivity index (χ0v) is 42.0. The Balaban J connectivity index is 0.775. The Bertz CT molecular complexity index is 2680. The van der Waals surface area contributed by atoms with Crippen LogP contribution in [0.3, 0.4) is 0 Å². The van der Waals surface area contributed by atoms with Gasteiger partial charge in [-0.1, -0.05) is 108 Å². The van der Waals surface area contributed by atoms with Crippen LogP contribution in [0.2, 0.25) is 20.1 Å². The molecule has 14 nitrogen and oxygen atoms in total. The van der Waals surface area contributed by atoms with Gasteiger partial charge in [0.25, 0.3) is 5.91 Å². The van der Waals surface area contributed by atoms with Gasteiger partial charge < -0.3 is 36.4 Å². The van der Waals surface area contributed by atoms with Crippen molar-refractivity contribution in [3.63, 3.8) is 0 Å². The van der Waals surface area contributed by atoms with Gasteiger partial charge in [0.1, 0.15) is 23.6 Å². The number of fused-ring (bicyclic) bond motifs is 1. The minimum atomic E-state index is -0.873. The van der Waals surface area contributed by atoms with Gasteiger partial charge in [-0.3, -0.25) is 24.1 Å². The first-order valence-corrected chi connectivity index (χ1v) is 25.0. The number of Topliss-reactive ketones (excluding diaryl/α,β-unsaturated/α-hetero) is 1. The van der Waals surface area contributed by atoms with Gasteiger partial charge in [0.2, 0.25) is 11.8 Å². The summed E-state index contributed by atoms with van der Waals surface area (Å²) < 4.78 is 5.96. The van der Waals surface area contributed by atoms with Crippen LogP contribution in [0, 0.1) is 0 Å². The zero-order chi connectivity index (χ0) is 50.3. The Labute approximate surface area is 433 Å². The number of likely N-dealkylation sites (tertiary alicyclic amines) is 1. The van der Waals surface area contributed by atoms with Crippen LogP contribution < -0.4 is 26.4 Å². The molecule has 2 unspecified atom stereocenters. The van der Waals surface area contributed by atoms with Crippen molar-refractivity contribution >= 4 is 87.9 Å². The standard InChI is InChI=1S/C53H56Cl4N8O6/c54-43-15-11-35(23-45(43)56)21-39-30-65(31-40(51(39)68)22-36-12-16-44(55)46(57)24-36)53(70)47(58)25-34-9-13-42(14-10-34)71-20-6-2-1-5-18-59-50(67)28-60-49-26-48(62-33-63-49)52(69)61-27-41(66)32-64-19-17-37-7-3-4-8-38(37)29-64/h3-4,7-16,21-24,26,33,41,47,66H,1-2,5-6,17-20,25,27-32,58H2,(H,59,67)(H,61,69)(H,60,62,63). The number of aliphatic hydroxyl groups is 1. The van der Waals surface area contributed by atoms with Crippen molar-refractivity contribution < 1.29 is 29.0 Å². The lowest BCUT2D eigenvalue weighted by atomic mass is 9.93. The van der Waals surface area contributed by atoms with E-state index in [0.29, 0.717) is 73.6 Å². The highest BCUT2D eigenvalue weighted by Crippen LogP contribution is 2.29. The Morgan fingerprint density at radius 1 is 0.775 bits per heavy atom. The molecule has 7 rings (SSSR count). The molecular weight excluding hydrogens is 986 g/mol. The first kappa shape index (κ1) is 53.0. The molecule has 0 saturated carbocycles. The normalized spacial score (nSPS) is 15.8. The molecule has 0 bridgehead atoms. The fraction of sp³-hybridized carbons (Fsp3) is 0.321. The third-order valence-electron chi connectivity index (χ3n) is 12.1. The molecule has 0 radical (unpaired) electrons. The number of nitrogens with zero attached hydrogens (tertiary/aromatic N) is 4. The summed E-state index contributed by atoms with van der Waals surface area (Å²) in [5.41, 5.74) is 12.2. The minimum Gasteiger partial charge on any atom is -0.494 e. The van der Waals surface area contributed by atoms with Crippen molar-refractivity contribution in [2.75, 3.05) is 57.7 Å². The summed E-state index contributed by atoms with van der Waals surface area (Å²) in [6.07, 6.45) is 8.56. The molecule has 2 atom stereocenters. The number of hydrogen-bond donors (Lipinski definition) is 5. The number of piperidine rings is 1. The third-order valence-corrected chi connectivity index (χ3v) is 13.5. The molecule has 1 aromatic heterocycles. The van der Waals surface area contributed by atoms with E-state index < -0.39 is 18.1 Å². The molecule has 372 valence electrons. The van der Waals surface area contributed by atoms with Gasteiger partial charge in [-0.25, -0.2) is 9.97 Å². The number of carbonyl (C=O) groups is 4. The number of amides is 3. The van der Waals surface area contributed by atoms with E-state index in [2.05, 4.69) is 43.0 Å². The summed E-state index contributed by atoms with van der Waals surface area (Å²) in [5.74, 6) is -0.132. The number of benzene rings is 4. The van der Waals surface area contributed by atoms with Crippen LogP contribution in [0.4, 0.5) is 5.82 Å². The molecule has 0 spiro atoms. The number of hydrogen-bond acceptors (Lipinski definition) is 11. The lowest BCUT2D eigenvalue weighted by molar-refractivity contribution is -0.132. The van der Waals surface area contributed by atoms with Crippen molar-refractivity contribution in [1.82, 2.24) is 30.4 Å². The van der Waals surface area contributed by atoms with E-state index >= 15 is 0 Å². The van der Waals surface area contributed by atoms with Crippen LogP contribution in [0.5, 0.6) is 5.75 Å². The number of nitrogens with one attached hydrogen (secondary N) is 3.